The second-order valence-electron chi connectivity index (χ2n) is 8.91. The van der Waals surface area contributed by atoms with Crippen LogP contribution in [0.1, 0.15) is 44.8 Å². The van der Waals surface area contributed by atoms with Crippen molar-refractivity contribution in [3.8, 4) is 0 Å². The van der Waals surface area contributed by atoms with E-state index in [4.69, 9.17) is 0 Å². The summed E-state index contributed by atoms with van der Waals surface area (Å²) in [7, 11) is -2.50. The lowest BCUT2D eigenvalue weighted by Gasteiger charge is -2.22. The lowest BCUT2D eigenvalue weighted by atomic mass is 10.1. The van der Waals surface area contributed by atoms with Crippen LogP contribution in [0, 0.1) is 6.92 Å². The molecule has 0 aliphatic heterocycles. The zero-order valence-electron chi connectivity index (χ0n) is 21.4. The van der Waals surface area contributed by atoms with Crippen LogP contribution < -0.4 is 14.9 Å². The van der Waals surface area contributed by atoms with Crippen molar-refractivity contribution in [3.63, 3.8) is 0 Å². The molecule has 194 valence electrons. The SMILES string of the molecule is Cc1ccc(S(=O)(=O)N(C)c2ccccc2C(=O)Nc2ccccc2C(=O)NC(C)c2ccccc2)cc1. The van der Waals surface area contributed by atoms with Gasteiger partial charge >= 0.3 is 0 Å². The standard InChI is InChI=1S/C30H29N3O4S/c1-21-17-19-24(20-18-21)38(36,37)33(3)28-16-10-8-14-26(28)30(35)32-27-15-9-7-13-25(27)29(34)31-22(2)23-11-5-4-6-12-23/h4-20,22H,1-3H3,(H,31,34)(H,32,35). The normalized spacial score (nSPS) is 11.9. The van der Waals surface area contributed by atoms with E-state index in [9.17, 15) is 18.0 Å². The van der Waals surface area contributed by atoms with Gasteiger partial charge in [0.15, 0.2) is 0 Å². The number of aryl methyl sites for hydroxylation is 1. The first kappa shape index (κ1) is 26.6. The van der Waals surface area contributed by atoms with Gasteiger partial charge in [-0.2, -0.15) is 0 Å². The van der Waals surface area contributed by atoms with Gasteiger partial charge in [-0.1, -0.05) is 72.3 Å². The first-order valence-electron chi connectivity index (χ1n) is 12.1. The summed E-state index contributed by atoms with van der Waals surface area (Å²) in [5.74, 6) is -0.882. The van der Waals surface area contributed by atoms with Gasteiger partial charge in [0.2, 0.25) is 0 Å². The molecule has 0 fully saturated rings. The topological polar surface area (TPSA) is 95.6 Å². The molecule has 0 radical (unpaired) electrons. The molecule has 0 aliphatic rings. The van der Waals surface area contributed by atoms with Crippen molar-refractivity contribution in [3.05, 3.63) is 125 Å². The van der Waals surface area contributed by atoms with Gasteiger partial charge in [0, 0.05) is 7.05 Å². The fourth-order valence-corrected chi connectivity index (χ4v) is 5.23. The summed E-state index contributed by atoms with van der Waals surface area (Å²) in [5.41, 5.74) is 2.86. The Morgan fingerprint density at radius 1 is 0.737 bits per heavy atom. The molecule has 0 saturated carbocycles. The van der Waals surface area contributed by atoms with E-state index in [0.29, 0.717) is 11.3 Å². The number of hydrogen-bond acceptors (Lipinski definition) is 4. The van der Waals surface area contributed by atoms with Crippen molar-refractivity contribution in [2.24, 2.45) is 0 Å². The molecule has 4 rings (SSSR count). The number of sulfonamides is 1. The summed E-state index contributed by atoms with van der Waals surface area (Å²) in [6.45, 7) is 3.76. The second kappa shape index (κ2) is 11.3. The van der Waals surface area contributed by atoms with E-state index in [1.165, 1.54) is 19.2 Å². The van der Waals surface area contributed by atoms with Crippen LogP contribution in [0.2, 0.25) is 0 Å². The number of carbonyl (C=O) groups is 2. The first-order chi connectivity index (χ1) is 18.2. The fourth-order valence-electron chi connectivity index (χ4n) is 4.02. The fraction of sp³-hybridized carbons (Fsp3) is 0.133. The van der Waals surface area contributed by atoms with E-state index in [2.05, 4.69) is 10.6 Å². The van der Waals surface area contributed by atoms with E-state index in [1.54, 1.807) is 60.7 Å². The van der Waals surface area contributed by atoms with Crippen LogP contribution >= 0.6 is 0 Å². The number of nitrogens with zero attached hydrogens (tertiary/aromatic N) is 1. The average molecular weight is 528 g/mol. The number of benzene rings is 4. The van der Waals surface area contributed by atoms with Gasteiger partial charge in [-0.15, -0.1) is 0 Å². The Morgan fingerprint density at radius 3 is 2.00 bits per heavy atom. The molecule has 7 nitrogen and oxygen atoms in total. The molecule has 0 spiro atoms. The summed E-state index contributed by atoms with van der Waals surface area (Å²) in [4.78, 5) is 26.6. The third-order valence-electron chi connectivity index (χ3n) is 6.23. The summed E-state index contributed by atoms with van der Waals surface area (Å²) < 4.78 is 27.7. The molecule has 0 bridgehead atoms. The largest absolute Gasteiger partial charge is 0.345 e. The van der Waals surface area contributed by atoms with Gasteiger partial charge in [0.1, 0.15) is 0 Å². The minimum Gasteiger partial charge on any atom is -0.345 e. The van der Waals surface area contributed by atoms with Crippen LogP contribution in [0.3, 0.4) is 0 Å². The van der Waals surface area contributed by atoms with Crippen molar-refractivity contribution < 1.29 is 18.0 Å². The van der Waals surface area contributed by atoms with Crippen LogP contribution in [-0.4, -0.2) is 27.3 Å². The molecule has 0 aliphatic carbocycles. The van der Waals surface area contributed by atoms with Crippen LogP contribution in [0.4, 0.5) is 11.4 Å². The maximum absolute atomic E-state index is 13.4. The minimum absolute atomic E-state index is 0.121. The summed E-state index contributed by atoms with van der Waals surface area (Å²) >= 11 is 0. The highest BCUT2D eigenvalue weighted by Gasteiger charge is 2.25. The Kier molecular flexibility index (Phi) is 7.93. The Labute approximate surface area is 223 Å². The zero-order valence-corrected chi connectivity index (χ0v) is 22.2. The van der Waals surface area contributed by atoms with Crippen molar-refractivity contribution in [1.29, 1.82) is 0 Å². The highest BCUT2D eigenvalue weighted by Crippen LogP contribution is 2.27. The zero-order chi connectivity index (χ0) is 27.3. The van der Waals surface area contributed by atoms with E-state index in [0.717, 1.165) is 15.4 Å². The van der Waals surface area contributed by atoms with Gasteiger partial charge in [0.05, 0.1) is 33.4 Å². The van der Waals surface area contributed by atoms with Crippen LogP contribution in [0.5, 0.6) is 0 Å². The number of para-hydroxylation sites is 2. The number of carbonyl (C=O) groups excluding carboxylic acids is 2. The van der Waals surface area contributed by atoms with Gasteiger partial charge in [-0.05, 0) is 55.8 Å². The molecule has 4 aromatic carbocycles. The number of anilines is 2. The third-order valence-corrected chi connectivity index (χ3v) is 8.02. The second-order valence-corrected chi connectivity index (χ2v) is 10.9. The highest BCUT2D eigenvalue weighted by molar-refractivity contribution is 7.92. The van der Waals surface area contributed by atoms with Crippen LogP contribution in [-0.2, 0) is 10.0 Å². The molecule has 38 heavy (non-hydrogen) atoms. The Hall–Kier alpha value is -4.43. The number of hydrogen-bond donors (Lipinski definition) is 2. The van der Waals surface area contributed by atoms with Gasteiger partial charge in [0.25, 0.3) is 21.8 Å². The monoisotopic (exact) mass is 527 g/mol. The predicted molar refractivity (Wildman–Crippen MR) is 150 cm³/mol. The van der Waals surface area contributed by atoms with Crippen molar-refractivity contribution in [1.82, 2.24) is 5.32 Å². The summed E-state index contributed by atoms with van der Waals surface area (Å²) in [6.07, 6.45) is 0. The molecular formula is C30H29N3O4S. The van der Waals surface area contributed by atoms with E-state index in [-0.39, 0.29) is 28.1 Å². The minimum atomic E-state index is -3.91. The molecule has 2 amide bonds. The highest BCUT2D eigenvalue weighted by atomic mass is 32.2. The number of rotatable bonds is 8. The Balaban J connectivity index is 1.58. The van der Waals surface area contributed by atoms with Crippen molar-refractivity contribution in [2.75, 3.05) is 16.7 Å². The molecular weight excluding hydrogens is 498 g/mol. The number of amides is 2. The molecule has 2 N–H and O–H groups in total. The van der Waals surface area contributed by atoms with Gasteiger partial charge in [-0.3, -0.25) is 13.9 Å². The smallest absolute Gasteiger partial charge is 0.264 e. The van der Waals surface area contributed by atoms with E-state index in [1.807, 2.05) is 44.2 Å². The maximum atomic E-state index is 13.4. The third kappa shape index (κ3) is 5.76. The van der Waals surface area contributed by atoms with Crippen LogP contribution in [0.15, 0.2) is 108 Å². The Morgan fingerprint density at radius 2 is 1.32 bits per heavy atom. The Bertz CT molecular complexity index is 1550. The average Bonchev–Trinajstić information content (AvgIpc) is 2.93. The maximum Gasteiger partial charge on any atom is 0.264 e. The molecule has 1 unspecified atom stereocenters. The van der Waals surface area contributed by atoms with Crippen molar-refractivity contribution in [2.45, 2.75) is 24.8 Å². The number of nitrogens with one attached hydrogen (secondary N) is 2. The summed E-state index contributed by atoms with van der Waals surface area (Å²) in [6, 6.07) is 29.0. The first-order valence-corrected chi connectivity index (χ1v) is 13.5. The van der Waals surface area contributed by atoms with E-state index >= 15 is 0 Å². The molecule has 0 saturated heterocycles. The molecule has 0 heterocycles. The predicted octanol–water partition coefficient (Wildman–Crippen LogP) is 5.56. The molecule has 0 aromatic heterocycles. The quantitative estimate of drug-likeness (QED) is 0.313. The molecule has 1 atom stereocenters. The van der Waals surface area contributed by atoms with Gasteiger partial charge < -0.3 is 10.6 Å². The lowest BCUT2D eigenvalue weighted by Crippen LogP contribution is -2.30. The van der Waals surface area contributed by atoms with Crippen LogP contribution in [0.25, 0.3) is 0 Å². The molecule has 8 heteroatoms. The lowest BCUT2D eigenvalue weighted by molar-refractivity contribution is 0.0940. The van der Waals surface area contributed by atoms with E-state index < -0.39 is 15.9 Å². The van der Waals surface area contributed by atoms with Gasteiger partial charge in [-0.25, -0.2) is 8.42 Å². The molecule has 4 aromatic rings. The summed E-state index contributed by atoms with van der Waals surface area (Å²) in [5, 5.41) is 5.75. The van der Waals surface area contributed by atoms with Crippen molar-refractivity contribution >= 4 is 33.2 Å².